The van der Waals surface area contributed by atoms with Crippen molar-refractivity contribution in [2.45, 2.75) is 19.3 Å². The molecule has 3 heterocycles. The van der Waals surface area contributed by atoms with Crippen LogP contribution in [0, 0.1) is 0 Å². The summed E-state index contributed by atoms with van der Waals surface area (Å²) in [5.74, 6) is 0.840. The van der Waals surface area contributed by atoms with Crippen molar-refractivity contribution in [3.8, 4) is 11.5 Å². The van der Waals surface area contributed by atoms with E-state index in [-0.39, 0.29) is 11.7 Å². The van der Waals surface area contributed by atoms with E-state index in [0.717, 1.165) is 44.7 Å². The number of rotatable bonds is 6. The number of carbonyl (C=O) groups excluding carboxylic acids is 1. The summed E-state index contributed by atoms with van der Waals surface area (Å²) in [6, 6.07) is 12.2. The molecule has 0 bridgehead atoms. The number of benzene rings is 2. The summed E-state index contributed by atoms with van der Waals surface area (Å²) in [7, 11) is 0. The van der Waals surface area contributed by atoms with Gasteiger partial charge in [-0.25, -0.2) is 0 Å². The molecule has 31 heavy (non-hydrogen) atoms. The van der Waals surface area contributed by atoms with E-state index in [1.54, 1.807) is 23.5 Å². The summed E-state index contributed by atoms with van der Waals surface area (Å²) in [5, 5.41) is 16.4. The Hall–Kier alpha value is -2.77. The van der Waals surface area contributed by atoms with Crippen molar-refractivity contribution < 1.29 is 14.6 Å². The number of hydrogen-bond acceptors (Lipinski definition) is 6. The summed E-state index contributed by atoms with van der Waals surface area (Å²) in [6.45, 7) is 5.74. The molecule has 3 aromatic rings. The van der Waals surface area contributed by atoms with Crippen LogP contribution in [0.5, 0.6) is 11.5 Å². The van der Waals surface area contributed by atoms with E-state index in [2.05, 4.69) is 44.8 Å². The Bertz CT molecular complexity index is 1090. The number of fused-ring (bicyclic) bond motifs is 2. The van der Waals surface area contributed by atoms with Gasteiger partial charge in [-0.3, -0.25) is 9.69 Å². The fraction of sp³-hybridized carbons (Fsp3) is 0.375. The minimum atomic E-state index is -0.0287. The van der Waals surface area contributed by atoms with Crippen molar-refractivity contribution in [1.82, 2.24) is 4.90 Å². The molecule has 0 saturated carbocycles. The van der Waals surface area contributed by atoms with Gasteiger partial charge in [-0.15, -0.1) is 11.3 Å². The number of hydrogen-bond donors (Lipinski definition) is 2. The lowest BCUT2D eigenvalue weighted by atomic mass is 10.0. The molecule has 0 atom stereocenters. The van der Waals surface area contributed by atoms with Crippen LogP contribution in [0.4, 0.5) is 11.4 Å². The first-order valence-corrected chi connectivity index (χ1v) is 11.8. The van der Waals surface area contributed by atoms with Gasteiger partial charge < -0.3 is 20.1 Å². The Balaban J connectivity index is 1.11. The molecule has 1 amide bonds. The first kappa shape index (κ1) is 20.2. The van der Waals surface area contributed by atoms with Gasteiger partial charge in [0.05, 0.1) is 12.3 Å². The van der Waals surface area contributed by atoms with Gasteiger partial charge in [0, 0.05) is 60.5 Å². The van der Waals surface area contributed by atoms with Crippen LogP contribution in [-0.2, 0) is 11.2 Å². The highest BCUT2D eigenvalue weighted by atomic mass is 32.1. The number of thiophene rings is 1. The van der Waals surface area contributed by atoms with E-state index in [1.807, 2.05) is 0 Å². The van der Waals surface area contributed by atoms with E-state index < -0.39 is 0 Å². The lowest BCUT2D eigenvalue weighted by Crippen LogP contribution is -2.46. The molecule has 1 saturated heterocycles. The van der Waals surface area contributed by atoms with Crippen molar-refractivity contribution in [3.05, 3.63) is 47.3 Å². The average Bonchev–Trinajstić information content (AvgIpc) is 3.27. The molecule has 2 aliphatic heterocycles. The van der Waals surface area contributed by atoms with Crippen molar-refractivity contribution in [2.75, 3.05) is 49.5 Å². The fourth-order valence-corrected chi connectivity index (χ4v) is 5.31. The highest BCUT2D eigenvalue weighted by Gasteiger charge is 2.22. The Morgan fingerprint density at radius 1 is 1.06 bits per heavy atom. The number of nitrogens with one attached hydrogen (secondary N) is 1. The second-order valence-corrected chi connectivity index (χ2v) is 9.07. The lowest BCUT2D eigenvalue weighted by Gasteiger charge is -2.36. The number of phenolic OH excluding ortho intramolecular Hbond substituents is 1. The fourth-order valence-electron chi connectivity index (χ4n) is 4.50. The number of nitrogens with zero attached hydrogens (tertiary/aromatic N) is 2. The number of amides is 1. The van der Waals surface area contributed by atoms with Crippen molar-refractivity contribution in [2.24, 2.45) is 0 Å². The molecule has 0 unspecified atom stereocenters. The third kappa shape index (κ3) is 4.20. The molecule has 2 aromatic carbocycles. The van der Waals surface area contributed by atoms with Crippen LogP contribution in [0.2, 0.25) is 0 Å². The number of anilines is 2. The van der Waals surface area contributed by atoms with Gasteiger partial charge in [0.25, 0.3) is 0 Å². The molecule has 0 radical (unpaired) electrons. The summed E-state index contributed by atoms with van der Waals surface area (Å²) >= 11 is 1.80. The first-order chi connectivity index (χ1) is 15.2. The standard InChI is InChI=1S/C24H27N3O3S/c28-20-6-7-21(24-18(20)5-8-23(29)25-24)30-15-2-10-26-11-13-27(14-12-26)19-3-1-4-22-17(19)9-16-31-22/h1,3-4,6-7,9,16,28H,2,5,8,10-15H2,(H,25,29). The van der Waals surface area contributed by atoms with E-state index >= 15 is 0 Å². The monoisotopic (exact) mass is 437 g/mol. The van der Waals surface area contributed by atoms with Crippen LogP contribution < -0.4 is 15.0 Å². The largest absolute Gasteiger partial charge is 0.508 e. The van der Waals surface area contributed by atoms with Crippen molar-refractivity contribution >= 4 is 38.7 Å². The molecule has 7 heteroatoms. The summed E-state index contributed by atoms with van der Waals surface area (Å²) in [4.78, 5) is 16.7. The highest BCUT2D eigenvalue weighted by molar-refractivity contribution is 7.17. The number of piperazine rings is 1. The van der Waals surface area contributed by atoms with Gasteiger partial charge in [0.1, 0.15) is 11.5 Å². The predicted octanol–water partition coefficient (Wildman–Crippen LogP) is 4.08. The molecule has 2 N–H and O–H groups in total. The number of phenols is 1. The third-order valence-electron chi connectivity index (χ3n) is 6.18. The molecular weight excluding hydrogens is 410 g/mol. The zero-order valence-electron chi connectivity index (χ0n) is 17.5. The maximum Gasteiger partial charge on any atom is 0.224 e. The van der Waals surface area contributed by atoms with Crippen LogP contribution in [0.1, 0.15) is 18.4 Å². The molecular formula is C24H27N3O3S. The average molecular weight is 438 g/mol. The van der Waals surface area contributed by atoms with Gasteiger partial charge in [-0.05, 0) is 48.6 Å². The molecule has 2 aliphatic rings. The van der Waals surface area contributed by atoms with Crippen LogP contribution in [0.3, 0.4) is 0 Å². The number of carbonyl (C=O) groups is 1. The molecule has 0 spiro atoms. The SMILES string of the molecule is O=C1CCc2c(O)ccc(OCCCN3CCN(c4cccc5sccc45)CC3)c2N1. The van der Waals surface area contributed by atoms with E-state index in [1.165, 1.54) is 15.8 Å². The van der Waals surface area contributed by atoms with Crippen molar-refractivity contribution in [3.63, 3.8) is 0 Å². The summed E-state index contributed by atoms with van der Waals surface area (Å²) in [5.41, 5.74) is 2.75. The minimum Gasteiger partial charge on any atom is -0.508 e. The molecule has 5 rings (SSSR count). The number of ether oxygens (including phenoxy) is 1. The van der Waals surface area contributed by atoms with Gasteiger partial charge in [-0.1, -0.05) is 6.07 Å². The Labute approximate surface area is 186 Å². The molecule has 1 fully saturated rings. The maximum atomic E-state index is 11.8. The quantitative estimate of drug-likeness (QED) is 0.569. The van der Waals surface area contributed by atoms with Gasteiger partial charge in [0.15, 0.2) is 0 Å². The zero-order valence-corrected chi connectivity index (χ0v) is 18.3. The second kappa shape index (κ2) is 8.77. The third-order valence-corrected chi connectivity index (χ3v) is 7.06. The normalized spacial score (nSPS) is 16.9. The Kier molecular flexibility index (Phi) is 5.70. The second-order valence-electron chi connectivity index (χ2n) is 8.12. The van der Waals surface area contributed by atoms with Crippen LogP contribution >= 0.6 is 11.3 Å². The zero-order chi connectivity index (χ0) is 21.2. The minimum absolute atomic E-state index is 0.0287. The predicted molar refractivity (Wildman–Crippen MR) is 126 cm³/mol. The topological polar surface area (TPSA) is 65.0 Å². The van der Waals surface area contributed by atoms with Gasteiger partial charge >= 0.3 is 0 Å². The maximum absolute atomic E-state index is 11.8. The number of aromatic hydroxyl groups is 1. The smallest absolute Gasteiger partial charge is 0.224 e. The molecule has 6 nitrogen and oxygen atoms in total. The van der Waals surface area contributed by atoms with Crippen molar-refractivity contribution in [1.29, 1.82) is 0 Å². The van der Waals surface area contributed by atoms with Gasteiger partial charge in [0.2, 0.25) is 5.91 Å². The van der Waals surface area contributed by atoms with Crippen LogP contribution in [0.25, 0.3) is 10.1 Å². The van der Waals surface area contributed by atoms with E-state index in [4.69, 9.17) is 4.74 Å². The highest BCUT2D eigenvalue weighted by Crippen LogP contribution is 2.38. The Morgan fingerprint density at radius 2 is 1.94 bits per heavy atom. The Morgan fingerprint density at radius 3 is 2.81 bits per heavy atom. The molecule has 0 aliphatic carbocycles. The summed E-state index contributed by atoms with van der Waals surface area (Å²) < 4.78 is 7.32. The van der Waals surface area contributed by atoms with Gasteiger partial charge in [-0.2, -0.15) is 0 Å². The first-order valence-electron chi connectivity index (χ1n) is 10.9. The van der Waals surface area contributed by atoms with Crippen LogP contribution in [0.15, 0.2) is 41.8 Å². The van der Waals surface area contributed by atoms with E-state index in [9.17, 15) is 9.90 Å². The lowest BCUT2D eigenvalue weighted by molar-refractivity contribution is -0.116. The van der Waals surface area contributed by atoms with Crippen LogP contribution in [-0.4, -0.2) is 55.2 Å². The summed E-state index contributed by atoms with van der Waals surface area (Å²) in [6.07, 6.45) is 1.87. The van der Waals surface area contributed by atoms with E-state index in [0.29, 0.717) is 30.9 Å². The molecule has 1 aromatic heterocycles. The molecule has 162 valence electrons.